The van der Waals surface area contributed by atoms with E-state index in [1.807, 2.05) is 80.8 Å². The lowest BCUT2D eigenvalue weighted by atomic mass is 10.1. The molecule has 0 bridgehead atoms. The fourth-order valence-electron chi connectivity index (χ4n) is 3.95. The van der Waals surface area contributed by atoms with Gasteiger partial charge in [0.1, 0.15) is 5.82 Å². The molecule has 4 nitrogen and oxygen atoms in total. The minimum Gasteiger partial charge on any atom is -0.378 e. The lowest BCUT2D eigenvalue weighted by Crippen LogP contribution is -2.22. The van der Waals surface area contributed by atoms with E-state index in [-0.39, 0.29) is 5.56 Å². The van der Waals surface area contributed by atoms with Gasteiger partial charge in [-0.25, -0.2) is 4.98 Å². The third-order valence-corrected chi connectivity index (χ3v) is 5.64. The van der Waals surface area contributed by atoms with Crippen molar-refractivity contribution in [2.75, 3.05) is 19.0 Å². The van der Waals surface area contributed by atoms with Gasteiger partial charge in [-0.2, -0.15) is 0 Å². The highest BCUT2D eigenvalue weighted by Crippen LogP contribution is 2.24. The molecular formula is C28H23N3O. The minimum atomic E-state index is -0.0745. The van der Waals surface area contributed by atoms with E-state index in [1.54, 1.807) is 4.57 Å². The Kier molecular flexibility index (Phi) is 5.04. The molecule has 4 heteroatoms. The van der Waals surface area contributed by atoms with Gasteiger partial charge in [-0.3, -0.25) is 9.36 Å². The van der Waals surface area contributed by atoms with Crippen molar-refractivity contribution in [3.05, 3.63) is 113 Å². The van der Waals surface area contributed by atoms with Crippen molar-refractivity contribution < 1.29 is 0 Å². The minimum absolute atomic E-state index is 0.0745. The molecule has 0 saturated heterocycles. The molecule has 0 aliphatic carbocycles. The van der Waals surface area contributed by atoms with Crippen molar-refractivity contribution in [2.45, 2.75) is 0 Å². The average molecular weight is 418 g/mol. The molecule has 5 rings (SSSR count). The number of nitrogens with zero attached hydrogens (tertiary/aromatic N) is 3. The van der Waals surface area contributed by atoms with Crippen LogP contribution in [-0.4, -0.2) is 23.6 Å². The quantitative estimate of drug-likeness (QED) is 0.372. The van der Waals surface area contributed by atoms with Crippen LogP contribution in [-0.2, 0) is 0 Å². The third-order valence-electron chi connectivity index (χ3n) is 5.64. The van der Waals surface area contributed by atoms with E-state index in [0.717, 1.165) is 27.7 Å². The van der Waals surface area contributed by atoms with Gasteiger partial charge < -0.3 is 4.90 Å². The van der Waals surface area contributed by atoms with Crippen LogP contribution in [0.1, 0.15) is 11.4 Å². The molecule has 0 saturated carbocycles. The van der Waals surface area contributed by atoms with Crippen molar-refractivity contribution in [2.24, 2.45) is 0 Å². The standard InChI is InChI=1S/C28H23N3O/c1-30(2)22-17-14-20(15-18-22)16-19-27-29-25-12-6-5-11-24(25)28(32)31(27)26-13-7-9-21-8-3-4-10-23(21)26/h3-19H,1-2H3/b19-16+. The first-order chi connectivity index (χ1) is 15.6. The van der Waals surface area contributed by atoms with Crippen LogP contribution < -0.4 is 10.5 Å². The van der Waals surface area contributed by atoms with Gasteiger partial charge in [-0.05, 0) is 47.4 Å². The number of aromatic nitrogens is 2. The summed E-state index contributed by atoms with van der Waals surface area (Å²) in [4.78, 5) is 20.5. The molecular weight excluding hydrogens is 394 g/mol. The second-order valence-corrected chi connectivity index (χ2v) is 7.95. The van der Waals surface area contributed by atoms with Gasteiger partial charge in [0, 0.05) is 25.2 Å². The predicted molar refractivity (Wildman–Crippen MR) is 135 cm³/mol. The Balaban J connectivity index is 1.72. The topological polar surface area (TPSA) is 38.1 Å². The normalized spacial score (nSPS) is 11.4. The Labute approximate surface area is 186 Å². The van der Waals surface area contributed by atoms with E-state index in [1.165, 1.54) is 0 Å². The second-order valence-electron chi connectivity index (χ2n) is 7.95. The van der Waals surface area contributed by atoms with E-state index < -0.39 is 0 Å². The van der Waals surface area contributed by atoms with Crippen LogP contribution in [0.3, 0.4) is 0 Å². The summed E-state index contributed by atoms with van der Waals surface area (Å²) in [6, 6.07) is 29.9. The average Bonchev–Trinajstić information content (AvgIpc) is 2.83. The fraction of sp³-hybridized carbons (Fsp3) is 0.0714. The first-order valence-electron chi connectivity index (χ1n) is 10.6. The van der Waals surface area contributed by atoms with Gasteiger partial charge in [0.25, 0.3) is 5.56 Å². The summed E-state index contributed by atoms with van der Waals surface area (Å²) >= 11 is 0. The SMILES string of the molecule is CN(C)c1ccc(/C=C/c2nc3ccccc3c(=O)n2-c2cccc3ccccc23)cc1. The maximum atomic E-state index is 13.6. The number of hydrogen-bond donors (Lipinski definition) is 0. The van der Waals surface area contributed by atoms with Crippen LogP contribution in [0.15, 0.2) is 95.8 Å². The van der Waals surface area contributed by atoms with Crippen molar-refractivity contribution in [1.82, 2.24) is 9.55 Å². The highest BCUT2D eigenvalue weighted by Gasteiger charge is 2.13. The number of para-hydroxylation sites is 1. The number of fused-ring (bicyclic) bond motifs is 2. The molecule has 0 atom stereocenters. The Hall–Kier alpha value is -4.18. The van der Waals surface area contributed by atoms with Gasteiger partial charge in [-0.1, -0.05) is 66.7 Å². The lowest BCUT2D eigenvalue weighted by molar-refractivity contribution is 0.952. The molecule has 1 heterocycles. The number of anilines is 1. The van der Waals surface area contributed by atoms with Gasteiger partial charge in [0.2, 0.25) is 0 Å². The Morgan fingerprint density at radius 1 is 0.750 bits per heavy atom. The maximum absolute atomic E-state index is 13.6. The molecule has 0 aliphatic rings. The summed E-state index contributed by atoms with van der Waals surface area (Å²) < 4.78 is 1.72. The second kappa shape index (κ2) is 8.16. The van der Waals surface area contributed by atoms with Crippen LogP contribution in [0, 0.1) is 0 Å². The highest BCUT2D eigenvalue weighted by molar-refractivity contribution is 5.91. The molecule has 0 unspecified atom stereocenters. The zero-order valence-electron chi connectivity index (χ0n) is 18.1. The number of hydrogen-bond acceptors (Lipinski definition) is 3. The molecule has 5 aromatic rings. The van der Waals surface area contributed by atoms with Crippen LogP contribution in [0.25, 0.3) is 39.5 Å². The zero-order valence-corrected chi connectivity index (χ0v) is 18.1. The largest absolute Gasteiger partial charge is 0.378 e. The number of benzene rings is 4. The van der Waals surface area contributed by atoms with Gasteiger partial charge >= 0.3 is 0 Å². The molecule has 1 aromatic heterocycles. The van der Waals surface area contributed by atoms with E-state index in [9.17, 15) is 4.79 Å². The first-order valence-corrected chi connectivity index (χ1v) is 10.6. The summed E-state index contributed by atoms with van der Waals surface area (Å²) in [6.07, 6.45) is 3.91. The molecule has 0 amide bonds. The Morgan fingerprint density at radius 2 is 1.44 bits per heavy atom. The summed E-state index contributed by atoms with van der Waals surface area (Å²) in [5.41, 5.74) is 3.63. The lowest BCUT2D eigenvalue weighted by Gasteiger charge is -2.14. The highest BCUT2D eigenvalue weighted by atomic mass is 16.1. The van der Waals surface area contributed by atoms with Crippen molar-refractivity contribution in [1.29, 1.82) is 0 Å². The summed E-state index contributed by atoms with van der Waals surface area (Å²) in [6.45, 7) is 0. The van der Waals surface area contributed by atoms with Gasteiger partial charge in [0.15, 0.2) is 0 Å². The van der Waals surface area contributed by atoms with E-state index in [0.29, 0.717) is 16.7 Å². The summed E-state index contributed by atoms with van der Waals surface area (Å²) in [5.74, 6) is 0.599. The third kappa shape index (κ3) is 3.56. The van der Waals surface area contributed by atoms with Gasteiger partial charge in [-0.15, -0.1) is 0 Å². The molecule has 32 heavy (non-hydrogen) atoms. The van der Waals surface area contributed by atoms with E-state index >= 15 is 0 Å². The maximum Gasteiger partial charge on any atom is 0.266 e. The van der Waals surface area contributed by atoms with Crippen LogP contribution in [0.5, 0.6) is 0 Å². The summed E-state index contributed by atoms with van der Waals surface area (Å²) in [7, 11) is 4.04. The molecule has 0 aliphatic heterocycles. The zero-order chi connectivity index (χ0) is 22.1. The van der Waals surface area contributed by atoms with Gasteiger partial charge in [0.05, 0.1) is 16.6 Å². The van der Waals surface area contributed by atoms with Crippen molar-refractivity contribution in [3.63, 3.8) is 0 Å². The molecule has 4 aromatic carbocycles. The first kappa shape index (κ1) is 19.8. The van der Waals surface area contributed by atoms with E-state index in [4.69, 9.17) is 4.98 Å². The van der Waals surface area contributed by atoms with Crippen molar-refractivity contribution >= 4 is 39.5 Å². The predicted octanol–water partition coefficient (Wildman–Crippen LogP) is 5.78. The monoisotopic (exact) mass is 417 g/mol. The molecule has 0 spiro atoms. The Bertz CT molecular complexity index is 1510. The number of rotatable bonds is 4. The van der Waals surface area contributed by atoms with Crippen LogP contribution in [0.4, 0.5) is 5.69 Å². The molecule has 0 fully saturated rings. The molecule has 0 radical (unpaired) electrons. The molecule has 156 valence electrons. The molecule has 0 N–H and O–H groups in total. The fourth-order valence-corrected chi connectivity index (χ4v) is 3.95. The van der Waals surface area contributed by atoms with Crippen LogP contribution >= 0.6 is 0 Å². The Morgan fingerprint density at radius 3 is 2.22 bits per heavy atom. The van der Waals surface area contributed by atoms with Crippen molar-refractivity contribution in [3.8, 4) is 5.69 Å². The smallest absolute Gasteiger partial charge is 0.266 e. The van der Waals surface area contributed by atoms with E-state index in [2.05, 4.69) is 41.3 Å². The van der Waals surface area contributed by atoms with Crippen LogP contribution in [0.2, 0.25) is 0 Å². The summed E-state index contributed by atoms with van der Waals surface area (Å²) in [5, 5.41) is 2.70.